The summed E-state index contributed by atoms with van der Waals surface area (Å²) in [6, 6.07) is 0. The molecule has 9 heteroatoms. The highest BCUT2D eigenvalue weighted by atomic mass is 31.2. The van der Waals surface area contributed by atoms with Gasteiger partial charge in [-0.1, -0.05) is 96.6 Å². The monoisotopic (exact) mass is 563 g/mol. The minimum absolute atomic E-state index is 0.0960. The van der Waals surface area contributed by atoms with Crippen LogP contribution in [0.15, 0.2) is 12.2 Å². The number of phosphoric acid groups is 1. The van der Waals surface area contributed by atoms with Crippen molar-refractivity contribution < 1.29 is 32.8 Å². The molecule has 3 N–H and O–H groups in total. The molecule has 2 unspecified atom stereocenters. The molecular weight excluding hydrogens is 505 g/mol. The second-order valence-electron chi connectivity index (χ2n) is 9.97. The fourth-order valence-corrected chi connectivity index (χ4v) is 4.73. The summed E-state index contributed by atoms with van der Waals surface area (Å²) < 4.78 is 32.4. The van der Waals surface area contributed by atoms with Gasteiger partial charge in [0.15, 0.2) is 0 Å². The molecule has 38 heavy (non-hydrogen) atoms. The van der Waals surface area contributed by atoms with E-state index in [-0.39, 0.29) is 38.8 Å². The molecule has 0 fully saturated rings. The number of nitrogens with two attached hydrogens (primary N) is 1. The highest BCUT2D eigenvalue weighted by Crippen LogP contribution is 2.43. The largest absolute Gasteiger partial charge is 0.472 e. The molecule has 0 radical (unpaired) electrons. The van der Waals surface area contributed by atoms with Gasteiger partial charge in [0.25, 0.3) is 0 Å². The summed E-state index contributed by atoms with van der Waals surface area (Å²) in [6.07, 6.45) is 25.2. The molecule has 0 saturated heterocycles. The van der Waals surface area contributed by atoms with E-state index < -0.39 is 13.9 Å². The zero-order chi connectivity index (χ0) is 28.2. The molecule has 0 bridgehead atoms. The SMILES string of the molecule is CCCCCCCC/C=C\CCCCCCCCCCOCC(COP(=O)(O)OCCN)OC(=O)CCC. The average molecular weight is 564 g/mol. The van der Waals surface area contributed by atoms with Crippen LogP contribution in [0.25, 0.3) is 0 Å². The standard InChI is InChI=1S/C29H58NO7P/c1-3-5-6-7-8-9-10-11-12-13-14-15-16-17-18-19-20-21-24-34-26-28(37-29(31)22-4-2)27-36-38(32,33)35-25-23-30/h11-12,28H,3-10,13-27,30H2,1-2H3,(H,32,33)/b12-11-. The van der Waals surface area contributed by atoms with Crippen molar-refractivity contribution in [3.05, 3.63) is 12.2 Å². The zero-order valence-electron chi connectivity index (χ0n) is 24.4. The van der Waals surface area contributed by atoms with Crippen LogP contribution in [0.4, 0.5) is 0 Å². The highest BCUT2D eigenvalue weighted by molar-refractivity contribution is 7.47. The molecular formula is C29H58NO7P. The van der Waals surface area contributed by atoms with E-state index in [1.165, 1.54) is 89.9 Å². The van der Waals surface area contributed by atoms with Crippen molar-refractivity contribution in [2.24, 2.45) is 5.73 Å². The number of phosphoric ester groups is 1. The van der Waals surface area contributed by atoms with E-state index in [0.29, 0.717) is 13.0 Å². The van der Waals surface area contributed by atoms with Gasteiger partial charge in [0.05, 0.1) is 19.8 Å². The minimum atomic E-state index is -4.23. The fourth-order valence-electron chi connectivity index (χ4n) is 3.97. The Morgan fingerprint density at radius 1 is 0.763 bits per heavy atom. The van der Waals surface area contributed by atoms with Crippen molar-refractivity contribution in [3.63, 3.8) is 0 Å². The summed E-state index contributed by atoms with van der Waals surface area (Å²) >= 11 is 0. The predicted octanol–water partition coefficient (Wildman–Crippen LogP) is 7.62. The second-order valence-corrected chi connectivity index (χ2v) is 11.4. The van der Waals surface area contributed by atoms with Gasteiger partial charge in [0.2, 0.25) is 0 Å². The summed E-state index contributed by atoms with van der Waals surface area (Å²) in [5.41, 5.74) is 5.27. The van der Waals surface area contributed by atoms with Crippen LogP contribution in [0, 0.1) is 0 Å². The maximum absolute atomic E-state index is 11.8. The van der Waals surface area contributed by atoms with E-state index in [1.807, 2.05) is 6.92 Å². The minimum Gasteiger partial charge on any atom is -0.457 e. The maximum Gasteiger partial charge on any atom is 0.472 e. The fraction of sp³-hybridized carbons (Fsp3) is 0.897. The van der Waals surface area contributed by atoms with E-state index >= 15 is 0 Å². The molecule has 226 valence electrons. The van der Waals surface area contributed by atoms with E-state index in [0.717, 1.165) is 12.8 Å². The van der Waals surface area contributed by atoms with Gasteiger partial charge in [-0.3, -0.25) is 13.8 Å². The number of rotatable bonds is 29. The number of unbranched alkanes of at least 4 members (excludes halogenated alkanes) is 14. The van der Waals surface area contributed by atoms with Gasteiger partial charge in [0.1, 0.15) is 6.10 Å². The number of hydrogen-bond donors (Lipinski definition) is 2. The van der Waals surface area contributed by atoms with Gasteiger partial charge in [0, 0.05) is 19.6 Å². The van der Waals surface area contributed by atoms with E-state index in [2.05, 4.69) is 19.1 Å². The molecule has 0 aromatic carbocycles. The zero-order valence-corrected chi connectivity index (χ0v) is 25.3. The first-order valence-corrected chi connectivity index (χ1v) is 16.7. The highest BCUT2D eigenvalue weighted by Gasteiger charge is 2.25. The molecule has 0 rings (SSSR count). The third kappa shape index (κ3) is 26.8. The third-order valence-corrected chi connectivity index (χ3v) is 7.14. The maximum atomic E-state index is 11.8. The number of esters is 1. The molecule has 0 aromatic heterocycles. The molecule has 8 nitrogen and oxygen atoms in total. The lowest BCUT2D eigenvalue weighted by Gasteiger charge is -2.19. The van der Waals surface area contributed by atoms with E-state index in [4.69, 9.17) is 24.3 Å². The number of hydrogen-bond acceptors (Lipinski definition) is 7. The average Bonchev–Trinajstić information content (AvgIpc) is 2.89. The second kappa shape index (κ2) is 27.8. The van der Waals surface area contributed by atoms with Crippen LogP contribution >= 0.6 is 7.82 Å². The Kier molecular flexibility index (Phi) is 27.2. The van der Waals surface area contributed by atoms with E-state index in [1.54, 1.807) is 0 Å². The Bertz CT molecular complexity index is 603. The normalized spacial score (nSPS) is 14.1. The Morgan fingerprint density at radius 3 is 1.87 bits per heavy atom. The van der Waals surface area contributed by atoms with Gasteiger partial charge in [-0.05, 0) is 38.5 Å². The molecule has 0 aliphatic carbocycles. The summed E-state index contributed by atoms with van der Waals surface area (Å²) in [4.78, 5) is 21.5. The molecule has 0 heterocycles. The van der Waals surface area contributed by atoms with Gasteiger partial charge in [-0.25, -0.2) is 4.57 Å². The van der Waals surface area contributed by atoms with Crippen LogP contribution in [-0.4, -0.2) is 49.9 Å². The number of allylic oxidation sites excluding steroid dienone is 2. The van der Waals surface area contributed by atoms with Gasteiger partial charge >= 0.3 is 13.8 Å². The number of ether oxygens (including phenoxy) is 2. The first-order chi connectivity index (χ1) is 18.4. The van der Waals surface area contributed by atoms with Crippen LogP contribution in [0.3, 0.4) is 0 Å². The van der Waals surface area contributed by atoms with Crippen molar-refractivity contribution in [1.29, 1.82) is 0 Å². The first-order valence-electron chi connectivity index (χ1n) is 15.2. The first kappa shape index (κ1) is 37.2. The Labute approximate surface area is 233 Å². The van der Waals surface area contributed by atoms with Gasteiger partial charge in [-0.2, -0.15) is 0 Å². The van der Waals surface area contributed by atoms with Crippen molar-refractivity contribution in [2.75, 3.05) is 33.0 Å². The lowest BCUT2D eigenvalue weighted by molar-refractivity contribution is -0.154. The quantitative estimate of drug-likeness (QED) is 0.0413. The lowest BCUT2D eigenvalue weighted by atomic mass is 10.1. The third-order valence-electron chi connectivity index (χ3n) is 6.15. The van der Waals surface area contributed by atoms with Crippen LogP contribution in [0.2, 0.25) is 0 Å². The Morgan fingerprint density at radius 2 is 1.32 bits per heavy atom. The Balaban J connectivity index is 3.73. The molecule has 0 saturated carbocycles. The molecule has 2 atom stereocenters. The van der Waals surface area contributed by atoms with Crippen LogP contribution < -0.4 is 5.73 Å². The number of carbonyl (C=O) groups is 1. The topological polar surface area (TPSA) is 117 Å². The predicted molar refractivity (Wildman–Crippen MR) is 155 cm³/mol. The summed E-state index contributed by atoms with van der Waals surface area (Å²) in [5, 5.41) is 0. The van der Waals surface area contributed by atoms with Crippen LogP contribution in [0.5, 0.6) is 0 Å². The molecule has 0 aromatic rings. The van der Waals surface area contributed by atoms with Crippen LogP contribution in [0.1, 0.15) is 129 Å². The summed E-state index contributed by atoms with van der Waals surface area (Å²) in [6.45, 7) is 4.53. The van der Waals surface area contributed by atoms with Gasteiger partial charge in [-0.15, -0.1) is 0 Å². The Hall–Kier alpha value is -0.760. The summed E-state index contributed by atoms with van der Waals surface area (Å²) in [7, 11) is -4.23. The lowest BCUT2D eigenvalue weighted by Crippen LogP contribution is -2.28. The summed E-state index contributed by atoms with van der Waals surface area (Å²) in [5.74, 6) is -0.385. The number of carbonyl (C=O) groups excluding carboxylic acids is 1. The van der Waals surface area contributed by atoms with Crippen molar-refractivity contribution in [1.82, 2.24) is 0 Å². The van der Waals surface area contributed by atoms with E-state index in [9.17, 15) is 14.3 Å². The van der Waals surface area contributed by atoms with Crippen molar-refractivity contribution >= 4 is 13.8 Å². The van der Waals surface area contributed by atoms with Crippen LogP contribution in [-0.2, 0) is 27.9 Å². The molecule has 0 aliphatic heterocycles. The van der Waals surface area contributed by atoms with Crippen molar-refractivity contribution in [2.45, 2.75) is 136 Å². The molecule has 0 amide bonds. The van der Waals surface area contributed by atoms with Crippen molar-refractivity contribution in [3.8, 4) is 0 Å². The van der Waals surface area contributed by atoms with Gasteiger partial charge < -0.3 is 20.1 Å². The molecule has 0 aliphatic rings. The smallest absolute Gasteiger partial charge is 0.457 e. The molecule has 0 spiro atoms.